The molecule has 4 unspecified atom stereocenters. The van der Waals surface area contributed by atoms with Crippen LogP contribution in [0.25, 0.3) is 0 Å². The van der Waals surface area contributed by atoms with Crippen LogP contribution in [0.3, 0.4) is 0 Å². The van der Waals surface area contributed by atoms with Crippen LogP contribution in [-0.2, 0) is 12.3 Å². The fourth-order valence-electron chi connectivity index (χ4n) is 1.74. The summed E-state index contributed by atoms with van der Waals surface area (Å²) >= 11 is -4.46. The second kappa shape index (κ2) is 10.1. The van der Waals surface area contributed by atoms with Crippen molar-refractivity contribution in [2.24, 2.45) is 21.7 Å². The molecule has 0 aromatic carbocycles. The standard InChI is InChI=1S/4C6H13O.Sn/c4*1-5(7)6(2,3)4;/h4*5H,1-4H3;/q4*-1;+4. The molecule has 0 saturated heterocycles. The van der Waals surface area contributed by atoms with Crippen LogP contribution in [0.2, 0.25) is 0 Å². The second-order valence-corrected chi connectivity index (χ2v) is 18.5. The van der Waals surface area contributed by atoms with E-state index in [1.807, 2.05) is 0 Å². The molecular weight excluding hydrogens is 471 g/mol. The van der Waals surface area contributed by atoms with Gasteiger partial charge in [0, 0.05) is 0 Å². The summed E-state index contributed by atoms with van der Waals surface area (Å²) in [4.78, 5) is 0. The van der Waals surface area contributed by atoms with Gasteiger partial charge in [-0.1, -0.05) is 0 Å². The maximum absolute atomic E-state index is 6.74. The predicted molar refractivity (Wildman–Crippen MR) is 126 cm³/mol. The summed E-state index contributed by atoms with van der Waals surface area (Å²) in [6.07, 6.45) is -0.204. The predicted octanol–water partition coefficient (Wildman–Crippen LogP) is 7.23. The average molecular weight is 523 g/mol. The molecule has 0 aromatic rings. The van der Waals surface area contributed by atoms with E-state index in [0.717, 1.165) is 0 Å². The summed E-state index contributed by atoms with van der Waals surface area (Å²) in [5.41, 5.74) is -0.170. The molecule has 0 amide bonds. The van der Waals surface area contributed by atoms with Crippen LogP contribution in [0.4, 0.5) is 0 Å². The summed E-state index contributed by atoms with van der Waals surface area (Å²) in [7, 11) is 0. The van der Waals surface area contributed by atoms with Crippen molar-refractivity contribution >= 4 is 20.0 Å². The van der Waals surface area contributed by atoms with Gasteiger partial charge in [-0.15, -0.1) is 0 Å². The minimum atomic E-state index is -4.46. The zero-order valence-electron chi connectivity index (χ0n) is 22.4. The van der Waals surface area contributed by atoms with Gasteiger partial charge in [0.2, 0.25) is 0 Å². The first-order valence-corrected chi connectivity index (χ1v) is 15.9. The fraction of sp³-hybridized carbons (Fsp3) is 1.00. The van der Waals surface area contributed by atoms with E-state index in [-0.39, 0.29) is 46.1 Å². The molecular formula is C24H52O4Sn. The van der Waals surface area contributed by atoms with Crippen LogP contribution < -0.4 is 0 Å². The summed E-state index contributed by atoms with van der Waals surface area (Å²) in [6, 6.07) is 0. The number of hydrogen-bond donors (Lipinski definition) is 0. The molecule has 4 atom stereocenters. The van der Waals surface area contributed by atoms with E-state index in [1.54, 1.807) is 0 Å². The maximum atomic E-state index is 6.74. The molecule has 176 valence electrons. The molecule has 0 aromatic heterocycles. The number of hydrogen-bond acceptors (Lipinski definition) is 4. The van der Waals surface area contributed by atoms with Gasteiger partial charge in [0.1, 0.15) is 0 Å². The van der Waals surface area contributed by atoms with Gasteiger partial charge in [0.05, 0.1) is 0 Å². The van der Waals surface area contributed by atoms with Crippen LogP contribution in [0.5, 0.6) is 0 Å². The SMILES string of the molecule is CC([O][Sn]([O]C(C)C(C)(C)C)([O]C(C)C(C)(C)C)[O]C(C)C(C)(C)C)C(C)(C)C. The van der Waals surface area contributed by atoms with Crippen LogP contribution in [0.15, 0.2) is 0 Å². The van der Waals surface area contributed by atoms with Crippen molar-refractivity contribution < 1.29 is 12.3 Å². The van der Waals surface area contributed by atoms with Crippen molar-refractivity contribution in [1.29, 1.82) is 0 Å². The van der Waals surface area contributed by atoms with Crippen LogP contribution >= 0.6 is 0 Å². The molecule has 4 nitrogen and oxygen atoms in total. The first-order valence-electron chi connectivity index (χ1n) is 11.2. The first-order chi connectivity index (χ1) is 12.5. The molecule has 0 saturated carbocycles. The van der Waals surface area contributed by atoms with E-state index in [2.05, 4.69) is 111 Å². The molecule has 0 bridgehead atoms. The van der Waals surface area contributed by atoms with Crippen LogP contribution in [0, 0.1) is 21.7 Å². The third-order valence-corrected chi connectivity index (χ3v) is 13.5. The van der Waals surface area contributed by atoms with Gasteiger partial charge in [-0.2, -0.15) is 0 Å². The van der Waals surface area contributed by atoms with Gasteiger partial charge in [-0.25, -0.2) is 0 Å². The van der Waals surface area contributed by atoms with Crippen molar-refractivity contribution in [3.05, 3.63) is 0 Å². The zero-order valence-corrected chi connectivity index (χ0v) is 25.3. The van der Waals surface area contributed by atoms with E-state index in [9.17, 15) is 0 Å². The van der Waals surface area contributed by atoms with Gasteiger partial charge in [-0.05, 0) is 0 Å². The molecule has 0 radical (unpaired) electrons. The summed E-state index contributed by atoms with van der Waals surface area (Å²) in [6.45, 7) is 34.6. The van der Waals surface area contributed by atoms with E-state index in [0.29, 0.717) is 0 Å². The van der Waals surface area contributed by atoms with Crippen LogP contribution in [-0.4, -0.2) is 44.4 Å². The fourth-order valence-corrected chi connectivity index (χ4v) is 11.7. The van der Waals surface area contributed by atoms with E-state index >= 15 is 0 Å². The Morgan fingerprint density at radius 2 is 0.517 bits per heavy atom. The van der Waals surface area contributed by atoms with Crippen molar-refractivity contribution in [1.82, 2.24) is 0 Å². The Labute approximate surface area is 188 Å². The quantitative estimate of drug-likeness (QED) is 0.315. The Morgan fingerprint density at radius 1 is 0.379 bits per heavy atom. The molecule has 0 aliphatic carbocycles. The zero-order chi connectivity index (χ0) is 23.6. The van der Waals surface area contributed by atoms with Crippen molar-refractivity contribution in [3.63, 3.8) is 0 Å². The Hall–Kier alpha value is 0.639. The Morgan fingerprint density at radius 3 is 0.621 bits per heavy atom. The van der Waals surface area contributed by atoms with Crippen LogP contribution in [0.1, 0.15) is 111 Å². The van der Waals surface area contributed by atoms with Crippen molar-refractivity contribution in [2.45, 2.75) is 135 Å². The molecule has 0 rings (SSSR count). The normalized spacial score (nSPS) is 20.7. The van der Waals surface area contributed by atoms with Gasteiger partial charge in [0.25, 0.3) is 0 Å². The molecule has 5 heteroatoms. The Kier molecular flexibility index (Phi) is 10.3. The summed E-state index contributed by atoms with van der Waals surface area (Å²) < 4.78 is 27.0. The average Bonchev–Trinajstić information content (AvgIpc) is 2.42. The monoisotopic (exact) mass is 524 g/mol. The Balaban J connectivity index is 6.27. The summed E-state index contributed by atoms with van der Waals surface area (Å²) in [5.74, 6) is 0. The topological polar surface area (TPSA) is 36.9 Å². The molecule has 0 spiro atoms. The van der Waals surface area contributed by atoms with Gasteiger partial charge in [0.15, 0.2) is 0 Å². The summed E-state index contributed by atoms with van der Waals surface area (Å²) in [5, 5.41) is 0. The molecule has 0 N–H and O–H groups in total. The van der Waals surface area contributed by atoms with Crippen molar-refractivity contribution in [2.75, 3.05) is 0 Å². The van der Waals surface area contributed by atoms with Gasteiger partial charge < -0.3 is 0 Å². The van der Waals surface area contributed by atoms with E-state index in [1.165, 1.54) is 0 Å². The van der Waals surface area contributed by atoms with Crippen molar-refractivity contribution in [3.8, 4) is 0 Å². The first kappa shape index (κ1) is 29.6. The molecule has 0 aliphatic rings. The Bertz CT molecular complexity index is 397. The second-order valence-electron chi connectivity index (χ2n) is 13.0. The van der Waals surface area contributed by atoms with E-state index in [4.69, 9.17) is 12.3 Å². The van der Waals surface area contributed by atoms with Gasteiger partial charge in [-0.3, -0.25) is 0 Å². The molecule has 0 aliphatic heterocycles. The minimum absolute atomic E-state index is 0.0425. The van der Waals surface area contributed by atoms with Gasteiger partial charge >= 0.3 is 189 Å². The molecule has 0 heterocycles. The third-order valence-electron chi connectivity index (χ3n) is 6.16. The number of rotatable bonds is 8. The molecule has 29 heavy (non-hydrogen) atoms. The third kappa shape index (κ3) is 10.2. The van der Waals surface area contributed by atoms with E-state index < -0.39 is 20.0 Å². The molecule has 0 fully saturated rings.